The molecule has 1 unspecified atom stereocenters. The van der Waals surface area contributed by atoms with Crippen molar-refractivity contribution in [1.82, 2.24) is 14.5 Å². The topological polar surface area (TPSA) is 69.0 Å². The van der Waals surface area contributed by atoms with Crippen molar-refractivity contribution in [3.05, 3.63) is 63.3 Å². The number of rotatable bonds is 5. The molecule has 0 radical (unpaired) electrons. The SMILES string of the molecule is C#C[C@@H](Nc1nc(C)nc2cc(=O)n(C3(C4CCOC4)CC3)cc12)c1cccc(C(F)(F)F)c1C. The van der Waals surface area contributed by atoms with Crippen molar-refractivity contribution in [2.45, 2.75) is 50.9 Å². The van der Waals surface area contributed by atoms with Crippen LogP contribution in [-0.4, -0.2) is 27.7 Å². The zero-order chi connectivity index (χ0) is 25.0. The number of ether oxygens (including phenoxy) is 1. The number of hydrogen-bond donors (Lipinski definition) is 1. The highest BCUT2D eigenvalue weighted by Crippen LogP contribution is 2.52. The van der Waals surface area contributed by atoms with Crippen LogP contribution in [0.15, 0.2) is 35.3 Å². The second-order valence-electron chi connectivity index (χ2n) is 9.33. The summed E-state index contributed by atoms with van der Waals surface area (Å²) in [7, 11) is 0. The van der Waals surface area contributed by atoms with Gasteiger partial charge in [0, 0.05) is 24.8 Å². The van der Waals surface area contributed by atoms with Crippen LogP contribution in [0.2, 0.25) is 0 Å². The molecule has 1 aliphatic heterocycles. The second-order valence-corrected chi connectivity index (χ2v) is 9.33. The van der Waals surface area contributed by atoms with E-state index in [4.69, 9.17) is 11.2 Å². The number of halogens is 3. The number of fused-ring (bicyclic) bond motifs is 1. The van der Waals surface area contributed by atoms with Gasteiger partial charge in [-0.25, -0.2) is 9.97 Å². The van der Waals surface area contributed by atoms with Crippen molar-refractivity contribution in [3.8, 4) is 12.3 Å². The van der Waals surface area contributed by atoms with Crippen LogP contribution >= 0.6 is 0 Å². The predicted octanol–water partition coefficient (Wildman–Crippen LogP) is 4.74. The zero-order valence-electron chi connectivity index (χ0n) is 19.4. The fourth-order valence-electron chi connectivity index (χ4n) is 5.23. The maximum Gasteiger partial charge on any atom is 0.416 e. The Labute approximate surface area is 200 Å². The third kappa shape index (κ3) is 4.06. The fourth-order valence-corrected chi connectivity index (χ4v) is 5.23. The molecule has 0 bridgehead atoms. The number of aryl methyl sites for hydroxylation is 1. The van der Waals surface area contributed by atoms with E-state index in [2.05, 4.69) is 21.2 Å². The average molecular weight is 483 g/mol. The van der Waals surface area contributed by atoms with E-state index in [0.717, 1.165) is 25.3 Å². The van der Waals surface area contributed by atoms with Crippen LogP contribution in [0.25, 0.3) is 10.9 Å². The first-order valence-electron chi connectivity index (χ1n) is 11.5. The number of benzene rings is 1. The van der Waals surface area contributed by atoms with Gasteiger partial charge >= 0.3 is 6.18 Å². The van der Waals surface area contributed by atoms with Crippen molar-refractivity contribution in [2.75, 3.05) is 18.5 Å². The van der Waals surface area contributed by atoms with E-state index < -0.39 is 17.8 Å². The van der Waals surface area contributed by atoms with Crippen molar-refractivity contribution >= 4 is 16.7 Å². The average Bonchev–Trinajstić information content (AvgIpc) is 3.40. The first-order valence-corrected chi connectivity index (χ1v) is 11.5. The van der Waals surface area contributed by atoms with Crippen LogP contribution < -0.4 is 10.9 Å². The normalized spacial score (nSPS) is 19.9. The van der Waals surface area contributed by atoms with Crippen LogP contribution in [0, 0.1) is 32.1 Å². The van der Waals surface area contributed by atoms with Gasteiger partial charge in [-0.3, -0.25) is 4.79 Å². The summed E-state index contributed by atoms with van der Waals surface area (Å²) in [4.78, 5) is 22.0. The highest BCUT2D eigenvalue weighted by atomic mass is 19.4. The number of aromatic nitrogens is 3. The molecule has 3 aromatic rings. The van der Waals surface area contributed by atoms with E-state index in [1.807, 2.05) is 0 Å². The molecule has 2 fully saturated rings. The molecule has 3 heterocycles. The van der Waals surface area contributed by atoms with Crippen LogP contribution in [-0.2, 0) is 16.5 Å². The molecule has 1 saturated heterocycles. The summed E-state index contributed by atoms with van der Waals surface area (Å²) in [6, 6.07) is 4.59. The number of terminal acetylenes is 1. The summed E-state index contributed by atoms with van der Waals surface area (Å²) < 4.78 is 47.8. The molecule has 0 spiro atoms. The molecular weight excluding hydrogens is 457 g/mol. The zero-order valence-corrected chi connectivity index (χ0v) is 19.4. The Morgan fingerprint density at radius 3 is 2.69 bits per heavy atom. The third-order valence-corrected chi connectivity index (χ3v) is 7.21. The van der Waals surface area contributed by atoms with Gasteiger partial charge in [-0.15, -0.1) is 6.42 Å². The first-order chi connectivity index (χ1) is 16.6. The minimum Gasteiger partial charge on any atom is -0.381 e. The van der Waals surface area contributed by atoms with E-state index in [9.17, 15) is 18.0 Å². The van der Waals surface area contributed by atoms with Crippen molar-refractivity contribution in [1.29, 1.82) is 0 Å². The van der Waals surface area contributed by atoms with Crippen molar-refractivity contribution < 1.29 is 17.9 Å². The summed E-state index contributed by atoms with van der Waals surface area (Å²) in [5.41, 5.74) is -0.316. The molecule has 35 heavy (non-hydrogen) atoms. The minimum atomic E-state index is -4.49. The molecule has 5 rings (SSSR count). The van der Waals surface area contributed by atoms with Gasteiger partial charge in [0.25, 0.3) is 5.56 Å². The van der Waals surface area contributed by atoms with Gasteiger partial charge in [-0.05, 0) is 50.3 Å². The molecule has 1 aromatic carbocycles. The molecule has 2 aromatic heterocycles. The maximum absolute atomic E-state index is 13.5. The molecule has 182 valence electrons. The molecule has 1 aliphatic carbocycles. The molecule has 2 aliphatic rings. The van der Waals surface area contributed by atoms with Crippen LogP contribution in [0.5, 0.6) is 0 Å². The largest absolute Gasteiger partial charge is 0.416 e. The van der Waals surface area contributed by atoms with Gasteiger partial charge in [-0.2, -0.15) is 13.2 Å². The van der Waals surface area contributed by atoms with Gasteiger partial charge in [0.05, 0.1) is 28.6 Å². The Bertz CT molecular complexity index is 1400. The number of nitrogens with zero attached hydrogens (tertiary/aromatic N) is 3. The van der Waals surface area contributed by atoms with E-state index in [1.165, 1.54) is 19.1 Å². The predicted molar refractivity (Wildman–Crippen MR) is 126 cm³/mol. The van der Waals surface area contributed by atoms with E-state index >= 15 is 0 Å². The number of alkyl halides is 3. The molecule has 1 saturated carbocycles. The summed E-state index contributed by atoms with van der Waals surface area (Å²) >= 11 is 0. The molecular formula is C26H25F3N4O2. The molecule has 2 atom stereocenters. The highest BCUT2D eigenvalue weighted by Gasteiger charge is 2.52. The number of pyridine rings is 1. The first kappa shape index (κ1) is 23.4. The lowest BCUT2D eigenvalue weighted by molar-refractivity contribution is -0.138. The standard InChI is InChI=1S/C26H25F3N4O2/c1-4-21(18-6-5-7-20(15(18)2)26(27,28)29)32-24-19-13-33(23(34)12-22(19)30-16(3)31-24)25(9-10-25)17-8-11-35-14-17/h1,5-7,12-13,17,21H,8-11,14H2,2-3H3,(H,30,31,32)/t17?,21-/m1/s1. The second kappa shape index (κ2) is 8.38. The lowest BCUT2D eigenvalue weighted by Crippen LogP contribution is -2.36. The Morgan fingerprint density at radius 2 is 2.06 bits per heavy atom. The number of anilines is 1. The summed E-state index contributed by atoms with van der Waals surface area (Å²) in [5, 5.41) is 3.73. The molecule has 9 heteroatoms. The quantitative estimate of drug-likeness (QED) is 0.532. The number of nitrogens with one attached hydrogen (secondary N) is 1. The van der Waals surface area contributed by atoms with E-state index in [0.29, 0.717) is 41.3 Å². The summed E-state index contributed by atoms with van der Waals surface area (Å²) in [6.45, 7) is 4.40. The maximum atomic E-state index is 13.5. The Morgan fingerprint density at radius 1 is 1.29 bits per heavy atom. The Hall–Kier alpha value is -3.38. The van der Waals surface area contributed by atoms with Gasteiger partial charge in [0.1, 0.15) is 17.7 Å². The van der Waals surface area contributed by atoms with E-state index in [1.54, 1.807) is 23.8 Å². The lowest BCUT2D eigenvalue weighted by atomic mass is 9.95. The summed E-state index contributed by atoms with van der Waals surface area (Å²) in [6.07, 6.45) is 5.71. The third-order valence-electron chi connectivity index (χ3n) is 7.21. The molecule has 6 nitrogen and oxygen atoms in total. The van der Waals surface area contributed by atoms with Crippen molar-refractivity contribution in [2.24, 2.45) is 5.92 Å². The van der Waals surface area contributed by atoms with Gasteiger partial charge in [0.2, 0.25) is 0 Å². The number of hydrogen-bond acceptors (Lipinski definition) is 5. The van der Waals surface area contributed by atoms with Crippen molar-refractivity contribution in [3.63, 3.8) is 0 Å². The summed E-state index contributed by atoms with van der Waals surface area (Å²) in [5.74, 6) is 3.61. The van der Waals surface area contributed by atoms with Gasteiger partial charge in [0.15, 0.2) is 0 Å². The Balaban J connectivity index is 1.59. The molecule has 0 amide bonds. The van der Waals surface area contributed by atoms with E-state index in [-0.39, 0.29) is 22.6 Å². The smallest absolute Gasteiger partial charge is 0.381 e. The highest BCUT2D eigenvalue weighted by molar-refractivity contribution is 5.88. The van der Waals surface area contributed by atoms with Crippen LogP contribution in [0.4, 0.5) is 19.0 Å². The minimum absolute atomic E-state index is 0.0561. The van der Waals surface area contributed by atoms with Gasteiger partial charge < -0.3 is 14.6 Å². The fraction of sp³-hybridized carbons (Fsp3) is 0.423. The Kier molecular flexibility index (Phi) is 5.59. The van der Waals surface area contributed by atoms with Gasteiger partial charge in [-0.1, -0.05) is 18.1 Å². The van der Waals surface area contributed by atoms with Crippen LogP contribution in [0.3, 0.4) is 0 Å². The lowest BCUT2D eigenvalue weighted by Gasteiger charge is -2.25. The monoisotopic (exact) mass is 482 g/mol. The molecule has 1 N–H and O–H groups in total. The van der Waals surface area contributed by atoms with Crippen LogP contribution in [0.1, 0.15) is 47.8 Å².